The monoisotopic (exact) mass is 374 g/mol. The van der Waals surface area contributed by atoms with E-state index in [1.807, 2.05) is 30.3 Å². The molecule has 0 amide bonds. The van der Waals surface area contributed by atoms with Crippen molar-refractivity contribution < 1.29 is 9.53 Å². The Morgan fingerprint density at radius 1 is 0.741 bits per heavy atom. The van der Waals surface area contributed by atoms with E-state index in [9.17, 15) is 4.79 Å². The number of rotatable bonds is 18. The molecule has 1 rings (SSSR count). The third-order valence-electron chi connectivity index (χ3n) is 5.29. The number of Topliss-reactive ketones (excluding diaryl/α,β-unsaturated/α-hetero) is 1. The second-order valence-corrected chi connectivity index (χ2v) is 7.84. The van der Waals surface area contributed by atoms with Crippen LogP contribution >= 0.6 is 0 Å². The van der Waals surface area contributed by atoms with E-state index in [1.165, 1.54) is 70.6 Å². The Bertz CT molecular complexity index is 455. The van der Waals surface area contributed by atoms with Gasteiger partial charge in [0.15, 0.2) is 5.78 Å². The van der Waals surface area contributed by atoms with Crippen molar-refractivity contribution in [2.24, 2.45) is 0 Å². The number of benzene rings is 1. The molecule has 0 aromatic heterocycles. The van der Waals surface area contributed by atoms with Crippen LogP contribution in [0.2, 0.25) is 0 Å². The molecule has 27 heavy (non-hydrogen) atoms. The lowest BCUT2D eigenvalue weighted by atomic mass is 10.0. The summed E-state index contributed by atoms with van der Waals surface area (Å²) in [5.74, 6) is 0.0932. The van der Waals surface area contributed by atoms with Crippen LogP contribution in [0.25, 0.3) is 0 Å². The number of ether oxygens (including phenoxy) is 1. The highest BCUT2D eigenvalue weighted by atomic mass is 16.5. The Hall–Kier alpha value is -1.15. The average Bonchev–Trinajstić information content (AvgIpc) is 2.70. The highest BCUT2D eigenvalue weighted by Gasteiger charge is 2.12. The molecule has 0 saturated carbocycles. The number of unbranched alkanes of at least 4 members (excludes halogenated alkanes) is 10. The van der Waals surface area contributed by atoms with Gasteiger partial charge in [-0.1, -0.05) is 121 Å². The molecular formula is C25H42O2. The quantitative estimate of drug-likeness (QED) is 0.194. The summed E-state index contributed by atoms with van der Waals surface area (Å²) in [7, 11) is 0. The standard InChI is InChI=1S/C25H42O2/c1-3-5-6-7-8-9-10-11-12-13-17-21-24(18-4-2)27-22-25(26)23-19-15-14-16-20-23/h14-16,19-20,24H,3-13,17-18,21-22H2,1-2H3. The third kappa shape index (κ3) is 12.8. The zero-order valence-corrected chi connectivity index (χ0v) is 17.9. The van der Waals surface area contributed by atoms with Crippen molar-refractivity contribution in [3.05, 3.63) is 35.9 Å². The summed E-state index contributed by atoms with van der Waals surface area (Å²) in [6.45, 7) is 4.68. The molecule has 2 heteroatoms. The fourth-order valence-electron chi connectivity index (χ4n) is 3.57. The van der Waals surface area contributed by atoms with Crippen LogP contribution in [0, 0.1) is 0 Å². The Labute approximate surface area is 168 Å². The summed E-state index contributed by atoms with van der Waals surface area (Å²) in [5.41, 5.74) is 0.752. The van der Waals surface area contributed by atoms with E-state index in [0.717, 1.165) is 24.8 Å². The molecule has 2 nitrogen and oxygen atoms in total. The first-order valence-corrected chi connectivity index (χ1v) is 11.5. The number of hydrogen-bond acceptors (Lipinski definition) is 2. The molecule has 1 atom stereocenters. The number of carbonyl (C=O) groups is 1. The van der Waals surface area contributed by atoms with Gasteiger partial charge < -0.3 is 4.74 Å². The van der Waals surface area contributed by atoms with Crippen LogP contribution in [-0.2, 0) is 4.74 Å². The fourth-order valence-corrected chi connectivity index (χ4v) is 3.57. The van der Waals surface area contributed by atoms with E-state index in [-0.39, 0.29) is 18.5 Å². The minimum absolute atomic E-state index is 0.0932. The average molecular weight is 375 g/mol. The summed E-state index contributed by atoms with van der Waals surface area (Å²) < 4.78 is 5.94. The van der Waals surface area contributed by atoms with E-state index in [1.54, 1.807) is 0 Å². The predicted octanol–water partition coefficient (Wildman–Crippen LogP) is 7.76. The Balaban J connectivity index is 2.05. The summed E-state index contributed by atoms with van der Waals surface area (Å²) in [5, 5.41) is 0. The van der Waals surface area contributed by atoms with Gasteiger partial charge in [0, 0.05) is 5.56 Å². The second kappa shape index (κ2) is 17.0. The molecule has 0 fully saturated rings. The summed E-state index contributed by atoms with van der Waals surface area (Å²) >= 11 is 0. The van der Waals surface area contributed by atoms with Crippen molar-refractivity contribution in [3.8, 4) is 0 Å². The Morgan fingerprint density at radius 3 is 1.85 bits per heavy atom. The first-order valence-electron chi connectivity index (χ1n) is 11.5. The van der Waals surface area contributed by atoms with Gasteiger partial charge in [0.1, 0.15) is 6.61 Å². The maximum absolute atomic E-state index is 12.2. The van der Waals surface area contributed by atoms with Gasteiger partial charge in [-0.3, -0.25) is 4.79 Å². The normalized spacial score (nSPS) is 12.2. The minimum atomic E-state index is 0.0932. The molecule has 0 heterocycles. The van der Waals surface area contributed by atoms with Crippen molar-refractivity contribution in [3.63, 3.8) is 0 Å². The van der Waals surface area contributed by atoms with Crippen LogP contribution in [0.15, 0.2) is 30.3 Å². The van der Waals surface area contributed by atoms with Gasteiger partial charge in [0.05, 0.1) is 6.10 Å². The molecule has 0 N–H and O–H groups in total. The van der Waals surface area contributed by atoms with Gasteiger partial charge in [-0.15, -0.1) is 0 Å². The highest BCUT2D eigenvalue weighted by molar-refractivity contribution is 5.96. The smallest absolute Gasteiger partial charge is 0.188 e. The minimum Gasteiger partial charge on any atom is -0.370 e. The molecule has 1 unspecified atom stereocenters. The summed E-state index contributed by atoms with van der Waals surface area (Å²) in [6.07, 6.45) is 18.5. The first-order chi connectivity index (χ1) is 13.3. The maximum Gasteiger partial charge on any atom is 0.188 e. The van der Waals surface area contributed by atoms with E-state index in [2.05, 4.69) is 13.8 Å². The molecule has 1 aromatic carbocycles. The van der Waals surface area contributed by atoms with Gasteiger partial charge >= 0.3 is 0 Å². The van der Waals surface area contributed by atoms with Gasteiger partial charge in [-0.05, 0) is 12.8 Å². The maximum atomic E-state index is 12.2. The lowest BCUT2D eigenvalue weighted by Crippen LogP contribution is -2.18. The zero-order chi connectivity index (χ0) is 19.6. The number of ketones is 1. The first kappa shape index (κ1) is 23.9. The summed E-state index contributed by atoms with van der Waals surface area (Å²) in [6, 6.07) is 9.47. The van der Waals surface area contributed by atoms with Crippen LogP contribution in [-0.4, -0.2) is 18.5 Å². The van der Waals surface area contributed by atoms with Crippen LogP contribution in [0.3, 0.4) is 0 Å². The van der Waals surface area contributed by atoms with Crippen LogP contribution < -0.4 is 0 Å². The lowest BCUT2D eigenvalue weighted by Gasteiger charge is -2.17. The van der Waals surface area contributed by atoms with Crippen molar-refractivity contribution in [2.75, 3.05) is 6.61 Å². The van der Waals surface area contributed by atoms with E-state index < -0.39 is 0 Å². The molecule has 0 radical (unpaired) electrons. The molecule has 0 aliphatic carbocycles. The van der Waals surface area contributed by atoms with Crippen LogP contribution in [0.1, 0.15) is 114 Å². The molecule has 0 aliphatic heterocycles. The van der Waals surface area contributed by atoms with Crippen LogP contribution in [0.4, 0.5) is 0 Å². The van der Waals surface area contributed by atoms with Crippen molar-refractivity contribution in [1.82, 2.24) is 0 Å². The van der Waals surface area contributed by atoms with E-state index in [0.29, 0.717) is 0 Å². The lowest BCUT2D eigenvalue weighted by molar-refractivity contribution is 0.0363. The zero-order valence-electron chi connectivity index (χ0n) is 17.9. The molecule has 1 aromatic rings. The van der Waals surface area contributed by atoms with Crippen molar-refractivity contribution in [1.29, 1.82) is 0 Å². The molecular weight excluding hydrogens is 332 g/mol. The Morgan fingerprint density at radius 2 is 1.30 bits per heavy atom. The SMILES string of the molecule is CCCCCCCCCCCCCC(CCC)OCC(=O)c1ccccc1. The van der Waals surface area contributed by atoms with Crippen LogP contribution in [0.5, 0.6) is 0 Å². The molecule has 154 valence electrons. The van der Waals surface area contributed by atoms with Gasteiger partial charge in [0.25, 0.3) is 0 Å². The molecule has 0 saturated heterocycles. The summed E-state index contributed by atoms with van der Waals surface area (Å²) in [4.78, 5) is 12.2. The van der Waals surface area contributed by atoms with E-state index in [4.69, 9.17) is 4.74 Å². The largest absolute Gasteiger partial charge is 0.370 e. The van der Waals surface area contributed by atoms with E-state index >= 15 is 0 Å². The third-order valence-corrected chi connectivity index (χ3v) is 5.29. The molecule has 0 bridgehead atoms. The van der Waals surface area contributed by atoms with Crippen molar-refractivity contribution in [2.45, 2.75) is 110 Å². The predicted molar refractivity (Wildman–Crippen MR) is 116 cm³/mol. The van der Waals surface area contributed by atoms with Gasteiger partial charge in [-0.25, -0.2) is 0 Å². The topological polar surface area (TPSA) is 26.3 Å². The van der Waals surface area contributed by atoms with Crippen molar-refractivity contribution >= 4 is 5.78 Å². The Kier molecular flexibility index (Phi) is 15.0. The van der Waals surface area contributed by atoms with Gasteiger partial charge in [0.2, 0.25) is 0 Å². The number of carbonyl (C=O) groups excluding carboxylic acids is 1. The molecule has 0 aliphatic rings. The number of hydrogen-bond donors (Lipinski definition) is 0. The fraction of sp³-hybridized carbons (Fsp3) is 0.720. The molecule has 0 spiro atoms. The second-order valence-electron chi connectivity index (χ2n) is 7.84. The highest BCUT2D eigenvalue weighted by Crippen LogP contribution is 2.16. The van der Waals surface area contributed by atoms with Gasteiger partial charge in [-0.2, -0.15) is 0 Å².